The Labute approximate surface area is 193 Å². The molecule has 0 atom stereocenters. The third kappa shape index (κ3) is 4.51. The van der Waals surface area contributed by atoms with Crippen LogP contribution in [0, 0.1) is 13.8 Å². The van der Waals surface area contributed by atoms with Crippen LogP contribution in [-0.2, 0) is 23.5 Å². The number of aryl methyl sites for hydroxylation is 1. The largest absolute Gasteiger partial charge is 0.345 e. The van der Waals surface area contributed by atoms with E-state index in [4.69, 9.17) is 0 Å². The van der Waals surface area contributed by atoms with E-state index in [1.54, 1.807) is 13.0 Å². The van der Waals surface area contributed by atoms with E-state index in [1.165, 1.54) is 11.3 Å². The minimum Gasteiger partial charge on any atom is -0.345 e. The van der Waals surface area contributed by atoms with Crippen molar-refractivity contribution < 1.29 is 13.2 Å². The normalized spacial score (nSPS) is 14.3. The van der Waals surface area contributed by atoms with Crippen LogP contribution < -0.4 is 4.72 Å². The van der Waals surface area contributed by atoms with E-state index < -0.39 is 10.0 Å². The average Bonchev–Trinajstić information content (AvgIpc) is 3.49. The number of likely N-dealkylation sites (tertiary alicyclic amines) is 1. The topological polar surface area (TPSA) is 84.3 Å². The van der Waals surface area contributed by atoms with Crippen molar-refractivity contribution in [2.24, 2.45) is 7.05 Å². The highest BCUT2D eigenvalue weighted by Gasteiger charge is 2.27. The summed E-state index contributed by atoms with van der Waals surface area (Å²) in [5.41, 5.74) is 3.09. The number of benzene rings is 1. The van der Waals surface area contributed by atoms with E-state index in [0.717, 1.165) is 31.5 Å². The van der Waals surface area contributed by atoms with Crippen LogP contribution in [-0.4, -0.2) is 48.4 Å². The monoisotopic (exact) mass is 472 g/mol. The molecule has 9 heteroatoms. The van der Waals surface area contributed by atoms with E-state index in [2.05, 4.69) is 9.71 Å². The van der Waals surface area contributed by atoms with Gasteiger partial charge in [0.05, 0.1) is 11.4 Å². The van der Waals surface area contributed by atoms with Gasteiger partial charge in [-0.1, -0.05) is 30.3 Å². The van der Waals surface area contributed by atoms with E-state index in [-0.39, 0.29) is 10.8 Å². The molecule has 0 radical (unpaired) electrons. The van der Waals surface area contributed by atoms with E-state index in [9.17, 15) is 13.2 Å². The second-order valence-electron chi connectivity index (χ2n) is 8.10. The lowest BCUT2D eigenvalue weighted by molar-refractivity contribution is 0.0796. The van der Waals surface area contributed by atoms with Crippen molar-refractivity contribution >= 4 is 27.3 Å². The molecule has 1 aromatic carbocycles. The van der Waals surface area contributed by atoms with E-state index in [1.807, 2.05) is 53.8 Å². The molecule has 7 nitrogen and oxygen atoms in total. The standard InChI is InChI=1S/C23H28N4O3S2/c1-16-21(23(28)27-13-7-8-14-27)31-22(25-16)19-15-20(17(2)26(19)3)32(29,30)24-12-11-18-9-5-4-6-10-18/h4-6,9-10,15,24H,7-8,11-14H2,1-3H3. The lowest BCUT2D eigenvalue weighted by Gasteiger charge is -2.13. The van der Waals surface area contributed by atoms with Crippen LogP contribution in [0.15, 0.2) is 41.3 Å². The Bertz CT molecular complexity index is 1220. The maximum absolute atomic E-state index is 13.0. The number of rotatable bonds is 7. The molecule has 1 N–H and O–H groups in total. The number of aromatic nitrogens is 2. The number of hydrogen-bond acceptors (Lipinski definition) is 5. The highest BCUT2D eigenvalue weighted by molar-refractivity contribution is 7.89. The molecule has 1 aliphatic rings. The van der Waals surface area contributed by atoms with Crippen LogP contribution in [0.4, 0.5) is 0 Å². The first-order valence-corrected chi connectivity index (χ1v) is 13.0. The van der Waals surface area contributed by atoms with Gasteiger partial charge in [0, 0.05) is 32.4 Å². The average molecular weight is 473 g/mol. The Morgan fingerprint density at radius 1 is 1.16 bits per heavy atom. The summed E-state index contributed by atoms with van der Waals surface area (Å²) < 4.78 is 30.5. The van der Waals surface area contributed by atoms with Gasteiger partial charge in [-0.25, -0.2) is 18.1 Å². The molecule has 1 amide bonds. The zero-order valence-corrected chi connectivity index (χ0v) is 20.2. The van der Waals surface area contributed by atoms with E-state index in [0.29, 0.717) is 39.9 Å². The molecule has 0 bridgehead atoms. The quantitative estimate of drug-likeness (QED) is 0.570. The number of amides is 1. The van der Waals surface area contributed by atoms with Crippen LogP contribution in [0.1, 0.15) is 39.5 Å². The Hall–Kier alpha value is -2.49. The fraction of sp³-hybridized carbons (Fsp3) is 0.391. The van der Waals surface area contributed by atoms with Gasteiger partial charge < -0.3 is 9.47 Å². The first-order valence-electron chi connectivity index (χ1n) is 10.7. The van der Waals surface area contributed by atoms with Gasteiger partial charge in [-0.05, 0) is 44.7 Å². The van der Waals surface area contributed by atoms with E-state index >= 15 is 0 Å². The van der Waals surface area contributed by atoms with Gasteiger partial charge in [-0.15, -0.1) is 11.3 Å². The molecule has 1 aliphatic heterocycles. The van der Waals surface area contributed by atoms with Crippen molar-refractivity contribution in [3.63, 3.8) is 0 Å². The van der Waals surface area contributed by atoms with Crippen molar-refractivity contribution in [3.05, 3.63) is 58.2 Å². The summed E-state index contributed by atoms with van der Waals surface area (Å²) >= 11 is 1.33. The smallest absolute Gasteiger partial charge is 0.265 e. The zero-order chi connectivity index (χ0) is 22.9. The molecule has 32 heavy (non-hydrogen) atoms. The van der Waals surface area contributed by atoms with Gasteiger partial charge in [0.2, 0.25) is 10.0 Å². The number of carbonyl (C=O) groups is 1. The van der Waals surface area contributed by atoms with Crippen molar-refractivity contribution in [1.29, 1.82) is 0 Å². The van der Waals surface area contributed by atoms with Crippen LogP contribution in [0.3, 0.4) is 0 Å². The number of carbonyl (C=O) groups excluding carboxylic acids is 1. The minimum absolute atomic E-state index is 0.0186. The maximum Gasteiger partial charge on any atom is 0.265 e. The summed E-state index contributed by atoms with van der Waals surface area (Å²) in [6.45, 7) is 5.51. The number of hydrogen-bond donors (Lipinski definition) is 1. The molecule has 0 unspecified atom stereocenters. The van der Waals surface area contributed by atoms with Gasteiger partial charge in [0.25, 0.3) is 5.91 Å². The van der Waals surface area contributed by atoms with Gasteiger partial charge in [0.1, 0.15) is 14.8 Å². The maximum atomic E-state index is 13.0. The summed E-state index contributed by atoms with van der Waals surface area (Å²) in [6, 6.07) is 11.4. The number of thiazole rings is 1. The molecule has 3 heterocycles. The zero-order valence-electron chi connectivity index (χ0n) is 18.6. The molecule has 170 valence electrons. The second kappa shape index (κ2) is 9.17. The predicted molar refractivity (Wildman–Crippen MR) is 126 cm³/mol. The first kappa shape index (κ1) is 22.7. The molecule has 1 saturated heterocycles. The highest BCUT2D eigenvalue weighted by atomic mass is 32.2. The summed E-state index contributed by atoms with van der Waals surface area (Å²) in [6.07, 6.45) is 2.68. The van der Waals surface area contributed by atoms with Crippen LogP contribution in [0.2, 0.25) is 0 Å². The van der Waals surface area contributed by atoms with Crippen LogP contribution in [0.5, 0.6) is 0 Å². The van der Waals surface area contributed by atoms with Crippen molar-refractivity contribution in [2.45, 2.75) is 38.0 Å². The van der Waals surface area contributed by atoms with Crippen LogP contribution in [0.25, 0.3) is 10.7 Å². The molecule has 3 aromatic rings. The lowest BCUT2D eigenvalue weighted by Crippen LogP contribution is -2.27. The molecular weight excluding hydrogens is 444 g/mol. The summed E-state index contributed by atoms with van der Waals surface area (Å²) in [5, 5.41) is 0.654. The Balaban J connectivity index is 1.56. The number of sulfonamides is 1. The highest BCUT2D eigenvalue weighted by Crippen LogP contribution is 2.33. The SMILES string of the molecule is Cc1nc(-c2cc(S(=O)(=O)NCCc3ccccc3)c(C)n2C)sc1C(=O)N1CCCC1. The van der Waals surface area contributed by atoms with Gasteiger partial charge in [-0.3, -0.25) is 4.79 Å². The molecule has 1 fully saturated rings. The predicted octanol–water partition coefficient (Wildman–Crippen LogP) is 3.52. The number of nitrogens with zero attached hydrogens (tertiary/aromatic N) is 3. The fourth-order valence-corrected chi connectivity index (χ4v) is 6.37. The Morgan fingerprint density at radius 2 is 1.84 bits per heavy atom. The first-order chi connectivity index (χ1) is 15.3. The minimum atomic E-state index is -3.67. The van der Waals surface area contributed by atoms with Gasteiger partial charge >= 0.3 is 0 Å². The number of nitrogens with one attached hydrogen (secondary N) is 1. The summed E-state index contributed by atoms with van der Waals surface area (Å²) in [4.78, 5) is 20.2. The van der Waals surface area contributed by atoms with Gasteiger partial charge in [0.15, 0.2) is 0 Å². The third-order valence-electron chi connectivity index (χ3n) is 5.93. The second-order valence-corrected chi connectivity index (χ2v) is 10.8. The molecule has 0 saturated carbocycles. The van der Waals surface area contributed by atoms with Crippen molar-refractivity contribution in [2.75, 3.05) is 19.6 Å². The Kier molecular flexibility index (Phi) is 6.50. The van der Waals surface area contributed by atoms with Crippen molar-refractivity contribution in [3.8, 4) is 10.7 Å². The molecule has 2 aromatic heterocycles. The molecule has 0 spiro atoms. The fourth-order valence-electron chi connectivity index (χ4n) is 3.97. The molecule has 0 aliphatic carbocycles. The summed E-state index contributed by atoms with van der Waals surface area (Å²) in [7, 11) is -1.85. The Morgan fingerprint density at radius 3 is 2.53 bits per heavy atom. The lowest BCUT2D eigenvalue weighted by atomic mass is 10.2. The third-order valence-corrected chi connectivity index (χ3v) is 8.67. The van der Waals surface area contributed by atoms with Crippen LogP contribution >= 0.6 is 11.3 Å². The molecular formula is C23H28N4O3S2. The van der Waals surface area contributed by atoms with Gasteiger partial charge in [-0.2, -0.15) is 0 Å². The van der Waals surface area contributed by atoms with Crippen molar-refractivity contribution in [1.82, 2.24) is 19.2 Å². The molecule has 4 rings (SSSR count). The summed E-state index contributed by atoms with van der Waals surface area (Å²) in [5.74, 6) is 0.0186.